The quantitative estimate of drug-likeness (QED) is 0.757. The molecule has 1 aromatic carbocycles. The standard InChI is InChI=1S/C7H8ClO3P/c1-12(9,10)11-7-4-2-6(8)3-5-7/h2-5H,1H3,(H,9,10). The summed E-state index contributed by atoms with van der Waals surface area (Å²) in [5, 5.41) is 0.561. The summed E-state index contributed by atoms with van der Waals surface area (Å²) in [6, 6.07) is 6.25. The highest BCUT2D eigenvalue weighted by molar-refractivity contribution is 7.52. The third kappa shape index (κ3) is 3.26. The maximum atomic E-state index is 10.8. The second-order valence-corrected chi connectivity index (χ2v) is 4.57. The molecule has 0 aromatic heterocycles. The molecule has 0 heterocycles. The van der Waals surface area contributed by atoms with E-state index in [0.717, 1.165) is 6.66 Å². The zero-order valence-corrected chi connectivity index (χ0v) is 8.05. The van der Waals surface area contributed by atoms with E-state index in [0.29, 0.717) is 10.8 Å². The van der Waals surface area contributed by atoms with Crippen LogP contribution in [0.5, 0.6) is 5.75 Å². The third-order valence-electron chi connectivity index (χ3n) is 1.09. The zero-order valence-electron chi connectivity index (χ0n) is 6.40. The molecule has 1 atom stereocenters. The lowest BCUT2D eigenvalue weighted by atomic mass is 10.3. The van der Waals surface area contributed by atoms with E-state index in [2.05, 4.69) is 0 Å². The van der Waals surface area contributed by atoms with Gasteiger partial charge < -0.3 is 9.42 Å². The fraction of sp³-hybridized carbons (Fsp3) is 0.143. The Bertz CT molecular complexity index is 303. The maximum Gasteiger partial charge on any atom is 0.373 e. The van der Waals surface area contributed by atoms with Crippen molar-refractivity contribution in [1.82, 2.24) is 0 Å². The smallest absolute Gasteiger partial charge is 0.373 e. The summed E-state index contributed by atoms with van der Waals surface area (Å²) < 4.78 is 15.5. The molecule has 0 amide bonds. The molecular weight excluding hydrogens is 199 g/mol. The Morgan fingerprint density at radius 1 is 1.42 bits per heavy atom. The molecule has 0 spiro atoms. The van der Waals surface area contributed by atoms with Gasteiger partial charge in [-0.1, -0.05) is 11.6 Å². The molecule has 0 bridgehead atoms. The zero-order chi connectivity index (χ0) is 9.19. The molecule has 0 radical (unpaired) electrons. The third-order valence-corrected chi connectivity index (χ3v) is 1.89. The summed E-state index contributed by atoms with van der Waals surface area (Å²) in [6.45, 7) is 1.13. The summed E-state index contributed by atoms with van der Waals surface area (Å²) in [6.07, 6.45) is 0. The molecule has 0 aliphatic rings. The molecule has 1 rings (SSSR count). The van der Waals surface area contributed by atoms with E-state index in [-0.39, 0.29) is 0 Å². The van der Waals surface area contributed by atoms with Gasteiger partial charge in [-0.05, 0) is 24.3 Å². The van der Waals surface area contributed by atoms with Gasteiger partial charge in [0.2, 0.25) is 0 Å². The monoisotopic (exact) mass is 206 g/mol. The maximum absolute atomic E-state index is 10.8. The largest absolute Gasteiger partial charge is 0.425 e. The van der Waals surface area contributed by atoms with Crippen molar-refractivity contribution in [3.63, 3.8) is 0 Å². The summed E-state index contributed by atoms with van der Waals surface area (Å²) in [4.78, 5) is 8.84. The molecule has 5 heteroatoms. The van der Waals surface area contributed by atoms with Crippen molar-refractivity contribution in [2.24, 2.45) is 0 Å². The average molecular weight is 207 g/mol. The van der Waals surface area contributed by atoms with Crippen LogP contribution in [0.1, 0.15) is 0 Å². The minimum absolute atomic E-state index is 0.340. The minimum atomic E-state index is -3.45. The van der Waals surface area contributed by atoms with Gasteiger partial charge in [0, 0.05) is 11.7 Å². The van der Waals surface area contributed by atoms with Crippen molar-refractivity contribution < 1.29 is 14.0 Å². The van der Waals surface area contributed by atoms with E-state index in [4.69, 9.17) is 21.0 Å². The summed E-state index contributed by atoms with van der Waals surface area (Å²) >= 11 is 5.60. The fourth-order valence-electron chi connectivity index (χ4n) is 0.691. The van der Waals surface area contributed by atoms with Crippen LogP contribution in [0, 0.1) is 0 Å². The molecule has 0 aliphatic carbocycles. The topological polar surface area (TPSA) is 46.5 Å². The Morgan fingerprint density at radius 3 is 2.33 bits per heavy atom. The minimum Gasteiger partial charge on any atom is -0.425 e. The summed E-state index contributed by atoms with van der Waals surface area (Å²) in [5.41, 5.74) is 0. The molecule has 1 unspecified atom stereocenters. The van der Waals surface area contributed by atoms with Crippen LogP contribution in [0.4, 0.5) is 0 Å². The van der Waals surface area contributed by atoms with Crippen LogP contribution in [0.3, 0.4) is 0 Å². The molecular formula is C7H8ClO3P. The molecule has 1 aromatic rings. The van der Waals surface area contributed by atoms with Crippen molar-refractivity contribution in [2.45, 2.75) is 0 Å². The highest BCUT2D eigenvalue weighted by Gasteiger charge is 2.10. The Labute approximate surface area is 75.5 Å². The van der Waals surface area contributed by atoms with Crippen molar-refractivity contribution >= 4 is 19.2 Å². The van der Waals surface area contributed by atoms with E-state index >= 15 is 0 Å². The van der Waals surface area contributed by atoms with E-state index in [1.807, 2.05) is 0 Å². The molecule has 66 valence electrons. The number of hydrogen-bond acceptors (Lipinski definition) is 2. The first-order chi connectivity index (χ1) is 5.47. The summed E-state index contributed by atoms with van der Waals surface area (Å²) in [5.74, 6) is 0.340. The van der Waals surface area contributed by atoms with Crippen LogP contribution in [0.25, 0.3) is 0 Å². The molecule has 3 nitrogen and oxygen atoms in total. The van der Waals surface area contributed by atoms with Gasteiger partial charge in [0.15, 0.2) is 0 Å². The lowest BCUT2D eigenvalue weighted by Crippen LogP contribution is -1.88. The molecule has 0 saturated carbocycles. The molecule has 0 saturated heterocycles. The van der Waals surface area contributed by atoms with Crippen LogP contribution < -0.4 is 4.52 Å². The van der Waals surface area contributed by atoms with Gasteiger partial charge in [0.05, 0.1) is 0 Å². The van der Waals surface area contributed by atoms with E-state index < -0.39 is 7.60 Å². The Morgan fingerprint density at radius 2 is 1.92 bits per heavy atom. The molecule has 0 aliphatic heterocycles. The lowest BCUT2D eigenvalue weighted by Gasteiger charge is -2.07. The van der Waals surface area contributed by atoms with Gasteiger partial charge in [-0.15, -0.1) is 0 Å². The van der Waals surface area contributed by atoms with Crippen molar-refractivity contribution in [2.75, 3.05) is 6.66 Å². The lowest BCUT2D eigenvalue weighted by molar-refractivity contribution is 0.387. The SMILES string of the molecule is CP(=O)(O)Oc1ccc(Cl)cc1. The number of rotatable bonds is 2. The number of hydrogen-bond donors (Lipinski definition) is 1. The van der Waals surface area contributed by atoms with Crippen molar-refractivity contribution in [3.05, 3.63) is 29.3 Å². The predicted molar refractivity (Wildman–Crippen MR) is 47.8 cm³/mol. The van der Waals surface area contributed by atoms with Crippen molar-refractivity contribution in [3.8, 4) is 5.75 Å². The van der Waals surface area contributed by atoms with E-state index in [1.54, 1.807) is 12.1 Å². The number of halogens is 1. The summed E-state index contributed by atoms with van der Waals surface area (Å²) in [7, 11) is -3.45. The molecule has 0 fully saturated rings. The number of benzene rings is 1. The predicted octanol–water partition coefficient (Wildman–Crippen LogP) is 2.53. The highest BCUT2D eigenvalue weighted by atomic mass is 35.5. The Hall–Kier alpha value is -0.500. The van der Waals surface area contributed by atoms with Crippen molar-refractivity contribution in [1.29, 1.82) is 0 Å². The van der Waals surface area contributed by atoms with E-state index in [1.165, 1.54) is 12.1 Å². The normalized spacial score (nSPS) is 15.2. The van der Waals surface area contributed by atoms with Crippen LogP contribution in [0.15, 0.2) is 24.3 Å². The Balaban J connectivity index is 2.78. The van der Waals surface area contributed by atoms with Gasteiger partial charge in [-0.25, -0.2) is 4.57 Å². The first kappa shape index (κ1) is 9.59. The van der Waals surface area contributed by atoms with Gasteiger partial charge >= 0.3 is 7.60 Å². The van der Waals surface area contributed by atoms with Crippen LogP contribution in [0.2, 0.25) is 5.02 Å². The van der Waals surface area contributed by atoms with E-state index in [9.17, 15) is 4.57 Å². The second kappa shape index (κ2) is 3.48. The first-order valence-corrected chi connectivity index (χ1v) is 5.63. The van der Waals surface area contributed by atoms with Crippen LogP contribution >= 0.6 is 19.2 Å². The average Bonchev–Trinajstić information content (AvgIpc) is 1.91. The first-order valence-electron chi connectivity index (χ1n) is 3.23. The van der Waals surface area contributed by atoms with Gasteiger partial charge in [0.25, 0.3) is 0 Å². The van der Waals surface area contributed by atoms with Gasteiger partial charge in [-0.3, -0.25) is 0 Å². The highest BCUT2D eigenvalue weighted by Crippen LogP contribution is 2.38. The second-order valence-electron chi connectivity index (χ2n) is 2.35. The molecule has 1 N–H and O–H groups in total. The molecule has 12 heavy (non-hydrogen) atoms. The van der Waals surface area contributed by atoms with Crippen LogP contribution in [-0.4, -0.2) is 11.6 Å². The fourth-order valence-corrected chi connectivity index (χ4v) is 1.33. The van der Waals surface area contributed by atoms with Gasteiger partial charge in [-0.2, -0.15) is 0 Å². The van der Waals surface area contributed by atoms with Crippen LogP contribution in [-0.2, 0) is 4.57 Å². The van der Waals surface area contributed by atoms with Gasteiger partial charge in [0.1, 0.15) is 5.75 Å². The Kier molecular flexibility index (Phi) is 2.78.